The van der Waals surface area contributed by atoms with Crippen molar-refractivity contribution >= 4 is 17.3 Å². The van der Waals surface area contributed by atoms with Gasteiger partial charge in [-0.05, 0) is 31.6 Å². The number of hydrogen-bond acceptors (Lipinski definition) is 3. The van der Waals surface area contributed by atoms with E-state index in [1.807, 2.05) is 11.7 Å². The Morgan fingerprint density at radius 3 is 2.40 bits per heavy atom. The molecule has 0 saturated carbocycles. The molecule has 0 amide bonds. The Labute approximate surface area is 155 Å². The molecule has 0 spiro atoms. The Hall–Kier alpha value is -1.92. The maximum atomic E-state index is 5.57. The smallest absolute Gasteiger partial charge is 0.169 e. The number of rotatable bonds is 4. The van der Waals surface area contributed by atoms with E-state index in [2.05, 4.69) is 64.5 Å². The lowest BCUT2D eigenvalue weighted by atomic mass is 10.1. The summed E-state index contributed by atoms with van der Waals surface area (Å²) in [4.78, 5) is 4.75. The maximum Gasteiger partial charge on any atom is 0.169 e. The van der Waals surface area contributed by atoms with E-state index >= 15 is 0 Å². The summed E-state index contributed by atoms with van der Waals surface area (Å²) in [5, 5.41) is 8.68. The van der Waals surface area contributed by atoms with Gasteiger partial charge < -0.3 is 10.2 Å². The number of aryl methyl sites for hydroxylation is 3. The molecule has 0 atom stereocenters. The summed E-state index contributed by atoms with van der Waals surface area (Å²) < 4.78 is 1.89. The average molecular weight is 358 g/mol. The Balaban J connectivity index is 1.44. The molecule has 1 aromatic heterocycles. The maximum absolute atomic E-state index is 5.57. The van der Waals surface area contributed by atoms with Crippen molar-refractivity contribution in [1.82, 2.24) is 24.9 Å². The van der Waals surface area contributed by atoms with Gasteiger partial charge in [0.25, 0.3) is 0 Å². The predicted molar refractivity (Wildman–Crippen MR) is 105 cm³/mol. The summed E-state index contributed by atoms with van der Waals surface area (Å²) in [6.45, 7) is 9.94. The van der Waals surface area contributed by atoms with Gasteiger partial charge in [0.05, 0.1) is 5.69 Å². The number of benzene rings is 1. The molecule has 6 heteroatoms. The van der Waals surface area contributed by atoms with Gasteiger partial charge in [-0.1, -0.05) is 29.8 Å². The molecule has 25 heavy (non-hydrogen) atoms. The molecule has 1 aromatic carbocycles. The number of hydrogen-bond donors (Lipinski definition) is 1. The first-order valence-electron chi connectivity index (χ1n) is 8.81. The molecule has 5 nitrogen and oxygen atoms in total. The van der Waals surface area contributed by atoms with Crippen LogP contribution in [0.3, 0.4) is 0 Å². The molecule has 2 aromatic rings. The summed E-state index contributed by atoms with van der Waals surface area (Å²) in [5.74, 6) is 0. The molecule has 0 unspecified atom stereocenters. The van der Waals surface area contributed by atoms with Gasteiger partial charge in [-0.25, -0.2) is 0 Å². The minimum atomic E-state index is 0.786. The summed E-state index contributed by atoms with van der Waals surface area (Å²) in [6.07, 6.45) is 2.12. The molecular formula is C19H27N5S. The molecule has 0 radical (unpaired) electrons. The molecule has 1 aliphatic heterocycles. The van der Waals surface area contributed by atoms with Crippen molar-refractivity contribution in [3.8, 4) is 0 Å². The monoisotopic (exact) mass is 357 g/mol. The minimum Gasteiger partial charge on any atom is -0.358 e. The van der Waals surface area contributed by atoms with Gasteiger partial charge >= 0.3 is 0 Å². The second kappa shape index (κ2) is 7.97. The van der Waals surface area contributed by atoms with Crippen LogP contribution in [0, 0.1) is 13.8 Å². The van der Waals surface area contributed by atoms with Crippen LogP contribution >= 0.6 is 12.2 Å². The van der Waals surface area contributed by atoms with Crippen LogP contribution < -0.4 is 5.32 Å². The molecule has 134 valence electrons. The lowest BCUT2D eigenvalue weighted by molar-refractivity contribution is 0.174. The SMILES string of the molecule is Cc1ccc(CNC(=S)N2CCN(Cc3cn(C)nc3C)CC2)cc1. The Morgan fingerprint density at radius 2 is 1.80 bits per heavy atom. The molecule has 1 saturated heterocycles. The van der Waals surface area contributed by atoms with E-state index in [1.54, 1.807) is 0 Å². The lowest BCUT2D eigenvalue weighted by Gasteiger charge is -2.36. The van der Waals surface area contributed by atoms with E-state index < -0.39 is 0 Å². The third-order valence-electron chi connectivity index (χ3n) is 4.73. The number of nitrogens with one attached hydrogen (secondary N) is 1. The van der Waals surface area contributed by atoms with Gasteiger partial charge in [-0.3, -0.25) is 9.58 Å². The van der Waals surface area contributed by atoms with Gasteiger partial charge in [0.15, 0.2) is 5.11 Å². The fraction of sp³-hybridized carbons (Fsp3) is 0.474. The number of aromatic nitrogens is 2. The van der Waals surface area contributed by atoms with Crippen molar-refractivity contribution in [3.05, 3.63) is 52.8 Å². The van der Waals surface area contributed by atoms with E-state index in [0.29, 0.717) is 0 Å². The van der Waals surface area contributed by atoms with Crippen molar-refractivity contribution in [2.24, 2.45) is 7.05 Å². The summed E-state index contributed by atoms with van der Waals surface area (Å²) in [5.41, 5.74) is 4.99. The normalized spacial score (nSPS) is 15.4. The molecule has 1 aliphatic rings. The van der Waals surface area contributed by atoms with Crippen LogP contribution in [0.15, 0.2) is 30.5 Å². The fourth-order valence-corrected chi connectivity index (χ4v) is 3.40. The highest BCUT2D eigenvalue weighted by molar-refractivity contribution is 7.80. The van der Waals surface area contributed by atoms with E-state index in [1.165, 1.54) is 16.7 Å². The van der Waals surface area contributed by atoms with Crippen molar-refractivity contribution in [2.45, 2.75) is 26.9 Å². The molecular weight excluding hydrogens is 330 g/mol. The average Bonchev–Trinajstić information content (AvgIpc) is 2.92. The first kappa shape index (κ1) is 17.9. The highest BCUT2D eigenvalue weighted by Gasteiger charge is 2.19. The Morgan fingerprint density at radius 1 is 1.12 bits per heavy atom. The molecule has 0 aliphatic carbocycles. The lowest BCUT2D eigenvalue weighted by Crippen LogP contribution is -2.51. The topological polar surface area (TPSA) is 36.3 Å². The zero-order chi connectivity index (χ0) is 17.8. The quantitative estimate of drug-likeness (QED) is 0.849. The number of piperazine rings is 1. The van der Waals surface area contributed by atoms with Crippen molar-refractivity contribution < 1.29 is 0 Å². The second-order valence-corrected chi connectivity index (χ2v) is 7.21. The van der Waals surface area contributed by atoms with Crippen LogP contribution in [0.25, 0.3) is 0 Å². The Bertz CT molecular complexity index is 714. The Kier molecular flexibility index (Phi) is 5.71. The van der Waals surface area contributed by atoms with Gasteiger partial charge in [0, 0.05) is 58.1 Å². The fourth-order valence-electron chi connectivity index (χ4n) is 3.15. The van der Waals surface area contributed by atoms with Crippen molar-refractivity contribution in [2.75, 3.05) is 26.2 Å². The van der Waals surface area contributed by atoms with Crippen LogP contribution in [0.5, 0.6) is 0 Å². The number of nitrogens with zero attached hydrogens (tertiary/aromatic N) is 4. The van der Waals surface area contributed by atoms with Crippen LogP contribution in [-0.2, 0) is 20.1 Å². The zero-order valence-electron chi connectivity index (χ0n) is 15.3. The van der Waals surface area contributed by atoms with E-state index in [4.69, 9.17) is 12.2 Å². The third kappa shape index (κ3) is 4.80. The number of thiocarbonyl (C=S) groups is 1. The summed E-state index contributed by atoms with van der Waals surface area (Å²) in [7, 11) is 1.98. The van der Waals surface area contributed by atoms with Crippen LogP contribution in [0.4, 0.5) is 0 Å². The highest BCUT2D eigenvalue weighted by atomic mass is 32.1. The van der Waals surface area contributed by atoms with E-state index in [9.17, 15) is 0 Å². The van der Waals surface area contributed by atoms with Gasteiger partial charge in [-0.2, -0.15) is 5.10 Å². The van der Waals surface area contributed by atoms with Crippen molar-refractivity contribution in [3.63, 3.8) is 0 Å². The largest absolute Gasteiger partial charge is 0.358 e. The molecule has 3 rings (SSSR count). The van der Waals surface area contributed by atoms with Crippen LogP contribution in [0.2, 0.25) is 0 Å². The van der Waals surface area contributed by atoms with Gasteiger partial charge in [0.1, 0.15) is 0 Å². The van der Waals surface area contributed by atoms with Crippen LogP contribution in [0.1, 0.15) is 22.4 Å². The molecule has 2 heterocycles. The third-order valence-corrected chi connectivity index (χ3v) is 5.14. The van der Waals surface area contributed by atoms with Crippen LogP contribution in [-0.4, -0.2) is 50.9 Å². The second-order valence-electron chi connectivity index (χ2n) is 6.82. The zero-order valence-corrected chi connectivity index (χ0v) is 16.1. The predicted octanol–water partition coefficient (Wildman–Crippen LogP) is 2.23. The van der Waals surface area contributed by atoms with E-state index in [0.717, 1.165) is 50.1 Å². The van der Waals surface area contributed by atoms with E-state index in [-0.39, 0.29) is 0 Å². The minimum absolute atomic E-state index is 0.786. The van der Waals surface area contributed by atoms with Gasteiger partial charge in [0.2, 0.25) is 0 Å². The van der Waals surface area contributed by atoms with Crippen molar-refractivity contribution in [1.29, 1.82) is 0 Å². The first-order valence-corrected chi connectivity index (χ1v) is 9.22. The summed E-state index contributed by atoms with van der Waals surface area (Å²) >= 11 is 5.57. The highest BCUT2D eigenvalue weighted by Crippen LogP contribution is 2.11. The molecule has 0 bridgehead atoms. The standard InChI is InChI=1S/C19H27N5S/c1-15-4-6-17(7-5-15)12-20-19(25)24-10-8-23(9-11-24)14-18-13-22(3)21-16(18)2/h4-7,13H,8-12,14H2,1-3H3,(H,20,25). The first-order chi connectivity index (χ1) is 12.0. The summed E-state index contributed by atoms with van der Waals surface area (Å²) in [6, 6.07) is 8.58. The molecule has 1 N–H and O–H groups in total. The van der Waals surface area contributed by atoms with Gasteiger partial charge in [-0.15, -0.1) is 0 Å². The molecule has 1 fully saturated rings.